The average Bonchev–Trinajstić information content (AvgIpc) is 2.73. The van der Waals surface area contributed by atoms with E-state index >= 15 is 0 Å². The summed E-state index contributed by atoms with van der Waals surface area (Å²) in [6.07, 6.45) is 2.05. The van der Waals surface area contributed by atoms with Gasteiger partial charge < -0.3 is 20.2 Å². The summed E-state index contributed by atoms with van der Waals surface area (Å²) in [5, 5.41) is 12.3. The number of hydrogen-bond donors (Lipinski definition) is 2. The first-order valence-corrected chi connectivity index (χ1v) is 9.90. The molecule has 1 aliphatic heterocycles. The molecule has 0 bridgehead atoms. The standard InChI is InChI=1S/C22H26FN3O3/c1-2-3-4-21(27)24-20-10-9-18(15-19(20)22(28)29)26-13-11-25(12-14-26)17-7-5-16(23)6-8-17/h5-10,15H,2-4,11-14H2,1H3,(H,24,27)(H,28,29). The summed E-state index contributed by atoms with van der Waals surface area (Å²) in [7, 11) is 0. The van der Waals surface area contributed by atoms with Crippen LogP contribution in [0.2, 0.25) is 0 Å². The van der Waals surface area contributed by atoms with Gasteiger partial charge in [-0.15, -0.1) is 0 Å². The molecule has 1 aliphatic rings. The number of carbonyl (C=O) groups excluding carboxylic acids is 1. The molecule has 1 heterocycles. The highest BCUT2D eigenvalue weighted by Crippen LogP contribution is 2.26. The van der Waals surface area contributed by atoms with Gasteiger partial charge in [0, 0.05) is 44.0 Å². The van der Waals surface area contributed by atoms with Crippen LogP contribution >= 0.6 is 0 Å². The average molecular weight is 399 g/mol. The molecule has 0 spiro atoms. The van der Waals surface area contributed by atoms with E-state index in [0.29, 0.717) is 12.1 Å². The van der Waals surface area contributed by atoms with Crippen molar-refractivity contribution in [3.05, 3.63) is 53.8 Å². The number of hydrogen-bond acceptors (Lipinski definition) is 4. The molecule has 0 aliphatic carbocycles. The SMILES string of the molecule is CCCCC(=O)Nc1ccc(N2CCN(c3ccc(F)cc3)CC2)cc1C(=O)O. The van der Waals surface area contributed by atoms with Crippen LogP contribution in [-0.2, 0) is 4.79 Å². The van der Waals surface area contributed by atoms with Crippen molar-refractivity contribution >= 4 is 28.9 Å². The molecule has 1 amide bonds. The summed E-state index contributed by atoms with van der Waals surface area (Å²) in [5.74, 6) is -1.49. The van der Waals surface area contributed by atoms with Crippen LogP contribution in [0.15, 0.2) is 42.5 Å². The molecule has 0 aromatic heterocycles. The summed E-state index contributed by atoms with van der Waals surface area (Å²) in [4.78, 5) is 28.0. The van der Waals surface area contributed by atoms with Gasteiger partial charge in [-0.25, -0.2) is 9.18 Å². The molecule has 3 rings (SSSR count). The summed E-state index contributed by atoms with van der Waals surface area (Å²) in [6.45, 7) is 4.95. The number of amides is 1. The smallest absolute Gasteiger partial charge is 0.337 e. The second kappa shape index (κ2) is 9.41. The lowest BCUT2D eigenvalue weighted by atomic mass is 10.1. The van der Waals surface area contributed by atoms with Crippen molar-refractivity contribution in [2.24, 2.45) is 0 Å². The Hall–Kier alpha value is -3.09. The highest BCUT2D eigenvalue weighted by atomic mass is 19.1. The fraction of sp³-hybridized carbons (Fsp3) is 0.364. The van der Waals surface area contributed by atoms with Crippen molar-refractivity contribution in [2.45, 2.75) is 26.2 Å². The zero-order chi connectivity index (χ0) is 20.8. The van der Waals surface area contributed by atoms with E-state index in [0.717, 1.165) is 50.4 Å². The van der Waals surface area contributed by atoms with Crippen LogP contribution in [-0.4, -0.2) is 43.2 Å². The molecule has 0 saturated carbocycles. The Morgan fingerprint density at radius 1 is 1.00 bits per heavy atom. The number of anilines is 3. The molecule has 29 heavy (non-hydrogen) atoms. The van der Waals surface area contributed by atoms with E-state index < -0.39 is 5.97 Å². The van der Waals surface area contributed by atoms with Gasteiger partial charge in [0.2, 0.25) is 5.91 Å². The maximum atomic E-state index is 13.1. The Kier molecular flexibility index (Phi) is 6.69. The lowest BCUT2D eigenvalue weighted by Crippen LogP contribution is -2.46. The van der Waals surface area contributed by atoms with Crippen molar-refractivity contribution < 1.29 is 19.1 Å². The Bertz CT molecular complexity index is 862. The predicted molar refractivity (Wildman–Crippen MR) is 112 cm³/mol. The van der Waals surface area contributed by atoms with Gasteiger partial charge >= 0.3 is 5.97 Å². The lowest BCUT2D eigenvalue weighted by Gasteiger charge is -2.37. The van der Waals surface area contributed by atoms with Gasteiger partial charge in [0.15, 0.2) is 0 Å². The molecule has 7 heteroatoms. The molecule has 154 valence electrons. The minimum Gasteiger partial charge on any atom is -0.478 e. The number of rotatable bonds is 7. The quantitative estimate of drug-likeness (QED) is 0.737. The van der Waals surface area contributed by atoms with Crippen LogP contribution in [0, 0.1) is 5.82 Å². The van der Waals surface area contributed by atoms with E-state index in [2.05, 4.69) is 15.1 Å². The molecule has 1 fully saturated rings. The van der Waals surface area contributed by atoms with Crippen molar-refractivity contribution in [3.63, 3.8) is 0 Å². The topological polar surface area (TPSA) is 72.9 Å². The van der Waals surface area contributed by atoms with Crippen LogP contribution in [0.25, 0.3) is 0 Å². The number of carboxylic acid groups (broad SMARTS) is 1. The van der Waals surface area contributed by atoms with Crippen molar-refractivity contribution in [3.8, 4) is 0 Å². The lowest BCUT2D eigenvalue weighted by molar-refractivity contribution is -0.116. The van der Waals surface area contributed by atoms with E-state index in [9.17, 15) is 19.1 Å². The van der Waals surface area contributed by atoms with Crippen molar-refractivity contribution in [1.82, 2.24) is 0 Å². The first kappa shape index (κ1) is 20.6. The maximum Gasteiger partial charge on any atom is 0.337 e. The van der Waals surface area contributed by atoms with E-state index in [1.165, 1.54) is 12.1 Å². The first-order valence-electron chi connectivity index (χ1n) is 9.90. The maximum absolute atomic E-state index is 13.1. The van der Waals surface area contributed by atoms with Gasteiger partial charge in [-0.3, -0.25) is 4.79 Å². The molecule has 2 N–H and O–H groups in total. The van der Waals surface area contributed by atoms with Crippen LogP contribution in [0.3, 0.4) is 0 Å². The van der Waals surface area contributed by atoms with Crippen LogP contribution < -0.4 is 15.1 Å². The fourth-order valence-corrected chi connectivity index (χ4v) is 3.44. The molecule has 1 saturated heterocycles. The minimum absolute atomic E-state index is 0.0910. The zero-order valence-electron chi connectivity index (χ0n) is 16.5. The van der Waals surface area contributed by atoms with E-state index in [-0.39, 0.29) is 17.3 Å². The van der Waals surface area contributed by atoms with Crippen LogP contribution in [0.1, 0.15) is 36.5 Å². The monoisotopic (exact) mass is 399 g/mol. The summed E-state index contributed by atoms with van der Waals surface area (Å²) in [6, 6.07) is 11.6. The Morgan fingerprint density at radius 3 is 2.17 bits per heavy atom. The van der Waals surface area contributed by atoms with Gasteiger partial charge in [-0.1, -0.05) is 13.3 Å². The molecule has 0 unspecified atom stereocenters. The van der Waals surface area contributed by atoms with Gasteiger partial charge in [-0.2, -0.15) is 0 Å². The first-order chi connectivity index (χ1) is 14.0. The molecular formula is C22H26FN3O3. The van der Waals surface area contributed by atoms with Crippen molar-refractivity contribution in [2.75, 3.05) is 41.3 Å². The largest absolute Gasteiger partial charge is 0.478 e. The highest BCUT2D eigenvalue weighted by Gasteiger charge is 2.20. The van der Waals surface area contributed by atoms with E-state index in [4.69, 9.17) is 0 Å². The highest BCUT2D eigenvalue weighted by molar-refractivity contribution is 6.01. The number of unbranched alkanes of at least 4 members (excludes halogenated alkanes) is 1. The molecule has 0 radical (unpaired) electrons. The van der Waals surface area contributed by atoms with Gasteiger partial charge in [-0.05, 0) is 48.9 Å². The number of aromatic carboxylic acids is 1. The van der Waals surface area contributed by atoms with E-state index in [1.54, 1.807) is 24.3 Å². The predicted octanol–water partition coefficient (Wildman–Crippen LogP) is 3.98. The Balaban J connectivity index is 1.68. The summed E-state index contributed by atoms with van der Waals surface area (Å²) < 4.78 is 13.1. The molecule has 0 atom stereocenters. The molecule has 6 nitrogen and oxygen atoms in total. The second-order valence-corrected chi connectivity index (χ2v) is 7.14. The minimum atomic E-state index is -1.07. The number of carbonyl (C=O) groups is 2. The third-order valence-corrected chi connectivity index (χ3v) is 5.10. The fourth-order valence-electron chi connectivity index (χ4n) is 3.44. The van der Waals surface area contributed by atoms with Gasteiger partial charge in [0.05, 0.1) is 11.3 Å². The number of nitrogens with zero attached hydrogens (tertiary/aromatic N) is 2. The number of halogens is 1. The van der Waals surface area contributed by atoms with Crippen molar-refractivity contribution in [1.29, 1.82) is 0 Å². The van der Waals surface area contributed by atoms with Gasteiger partial charge in [0.1, 0.15) is 5.82 Å². The second-order valence-electron chi connectivity index (χ2n) is 7.14. The molecular weight excluding hydrogens is 373 g/mol. The molecule has 2 aromatic rings. The van der Waals surface area contributed by atoms with Crippen LogP contribution in [0.4, 0.5) is 21.5 Å². The summed E-state index contributed by atoms with van der Waals surface area (Å²) >= 11 is 0. The van der Waals surface area contributed by atoms with E-state index in [1.807, 2.05) is 13.0 Å². The zero-order valence-corrected chi connectivity index (χ0v) is 16.5. The number of piperazine rings is 1. The molecule has 2 aromatic carbocycles. The Labute approximate surface area is 169 Å². The number of benzene rings is 2. The van der Waals surface area contributed by atoms with Crippen LogP contribution in [0.5, 0.6) is 0 Å². The number of carboxylic acids is 1. The Morgan fingerprint density at radius 2 is 1.59 bits per heavy atom. The summed E-state index contributed by atoms with van der Waals surface area (Å²) in [5.41, 5.74) is 2.20. The number of nitrogens with one attached hydrogen (secondary N) is 1. The third-order valence-electron chi connectivity index (χ3n) is 5.10. The third kappa shape index (κ3) is 5.25. The normalized spacial score (nSPS) is 14.0. The van der Waals surface area contributed by atoms with Gasteiger partial charge in [0.25, 0.3) is 0 Å².